The SMILES string of the molecule is COC1(C2CCOCC2)COC1. The Labute approximate surface area is 73.0 Å². The fraction of sp³-hybridized carbons (Fsp3) is 1.00. The van der Waals surface area contributed by atoms with Crippen LogP contribution in [0.5, 0.6) is 0 Å². The standard InChI is InChI=1S/C9H16O3/c1-10-9(6-12-7-9)8-2-4-11-5-3-8/h8H,2-7H2,1H3. The van der Waals surface area contributed by atoms with E-state index in [1.807, 2.05) is 0 Å². The van der Waals surface area contributed by atoms with Gasteiger partial charge >= 0.3 is 0 Å². The summed E-state index contributed by atoms with van der Waals surface area (Å²) in [5.74, 6) is 0.644. The van der Waals surface area contributed by atoms with Crippen molar-refractivity contribution >= 4 is 0 Å². The highest BCUT2D eigenvalue weighted by Gasteiger charge is 2.46. The van der Waals surface area contributed by atoms with Crippen molar-refractivity contribution < 1.29 is 14.2 Å². The molecule has 0 atom stereocenters. The molecular weight excluding hydrogens is 156 g/mol. The van der Waals surface area contributed by atoms with Crippen LogP contribution in [0.25, 0.3) is 0 Å². The van der Waals surface area contributed by atoms with Gasteiger partial charge < -0.3 is 14.2 Å². The van der Waals surface area contributed by atoms with Gasteiger partial charge in [-0.15, -0.1) is 0 Å². The first-order valence-corrected chi connectivity index (χ1v) is 4.58. The van der Waals surface area contributed by atoms with Gasteiger partial charge in [0.2, 0.25) is 0 Å². The van der Waals surface area contributed by atoms with Gasteiger partial charge in [-0.05, 0) is 18.8 Å². The van der Waals surface area contributed by atoms with Crippen LogP contribution in [0.15, 0.2) is 0 Å². The first-order valence-electron chi connectivity index (χ1n) is 4.58. The number of hydrogen-bond donors (Lipinski definition) is 0. The predicted octanol–water partition coefficient (Wildman–Crippen LogP) is 0.828. The maximum Gasteiger partial charge on any atom is 0.117 e. The fourth-order valence-electron chi connectivity index (χ4n) is 2.05. The summed E-state index contributed by atoms with van der Waals surface area (Å²) in [4.78, 5) is 0. The minimum Gasteiger partial charge on any atom is -0.381 e. The van der Waals surface area contributed by atoms with E-state index >= 15 is 0 Å². The fourth-order valence-corrected chi connectivity index (χ4v) is 2.05. The molecule has 2 saturated heterocycles. The van der Waals surface area contributed by atoms with Gasteiger partial charge in [0.25, 0.3) is 0 Å². The highest BCUT2D eigenvalue weighted by atomic mass is 16.6. The predicted molar refractivity (Wildman–Crippen MR) is 44.1 cm³/mol. The van der Waals surface area contributed by atoms with Gasteiger partial charge in [0.1, 0.15) is 5.60 Å². The van der Waals surface area contributed by atoms with Crippen LogP contribution in [0, 0.1) is 5.92 Å². The summed E-state index contributed by atoms with van der Waals surface area (Å²) in [5, 5.41) is 0. The van der Waals surface area contributed by atoms with Crippen molar-refractivity contribution in [2.24, 2.45) is 5.92 Å². The third kappa shape index (κ3) is 1.26. The third-order valence-corrected chi connectivity index (χ3v) is 3.06. The van der Waals surface area contributed by atoms with E-state index in [1.165, 1.54) is 0 Å². The van der Waals surface area contributed by atoms with Gasteiger partial charge in [-0.1, -0.05) is 0 Å². The maximum atomic E-state index is 5.53. The van der Waals surface area contributed by atoms with Crippen LogP contribution in [-0.2, 0) is 14.2 Å². The van der Waals surface area contributed by atoms with Crippen LogP contribution in [0.2, 0.25) is 0 Å². The Morgan fingerprint density at radius 3 is 2.25 bits per heavy atom. The highest BCUT2D eigenvalue weighted by molar-refractivity contribution is 4.94. The van der Waals surface area contributed by atoms with Crippen LogP contribution < -0.4 is 0 Å². The maximum absolute atomic E-state index is 5.53. The summed E-state index contributed by atoms with van der Waals surface area (Å²) < 4.78 is 16.1. The molecule has 2 heterocycles. The minimum absolute atomic E-state index is 0.0315. The normalized spacial score (nSPS) is 29.8. The van der Waals surface area contributed by atoms with E-state index in [-0.39, 0.29) is 5.60 Å². The number of methoxy groups -OCH3 is 1. The smallest absolute Gasteiger partial charge is 0.117 e. The Kier molecular flexibility index (Phi) is 2.35. The second kappa shape index (κ2) is 3.32. The molecule has 2 aliphatic heterocycles. The summed E-state index contributed by atoms with van der Waals surface area (Å²) in [5.41, 5.74) is 0.0315. The van der Waals surface area contributed by atoms with E-state index in [0.717, 1.165) is 39.3 Å². The molecule has 0 radical (unpaired) electrons. The Morgan fingerprint density at radius 2 is 1.83 bits per heavy atom. The van der Waals surface area contributed by atoms with Crippen molar-refractivity contribution in [2.75, 3.05) is 33.5 Å². The largest absolute Gasteiger partial charge is 0.381 e. The molecule has 0 N–H and O–H groups in total. The second-order valence-electron chi connectivity index (χ2n) is 3.65. The molecule has 0 amide bonds. The molecule has 12 heavy (non-hydrogen) atoms. The van der Waals surface area contributed by atoms with E-state index < -0.39 is 0 Å². The molecule has 0 aromatic heterocycles. The first-order chi connectivity index (χ1) is 5.87. The lowest BCUT2D eigenvalue weighted by Crippen LogP contribution is -2.57. The molecule has 0 bridgehead atoms. The van der Waals surface area contributed by atoms with Crippen LogP contribution in [0.4, 0.5) is 0 Å². The van der Waals surface area contributed by atoms with E-state index in [0.29, 0.717) is 5.92 Å². The van der Waals surface area contributed by atoms with E-state index in [9.17, 15) is 0 Å². The second-order valence-corrected chi connectivity index (χ2v) is 3.65. The van der Waals surface area contributed by atoms with Crippen LogP contribution in [-0.4, -0.2) is 39.1 Å². The Morgan fingerprint density at radius 1 is 1.17 bits per heavy atom. The van der Waals surface area contributed by atoms with E-state index in [2.05, 4.69) is 0 Å². The molecule has 0 aromatic carbocycles. The van der Waals surface area contributed by atoms with Gasteiger partial charge in [-0.2, -0.15) is 0 Å². The Bertz CT molecular complexity index is 142. The van der Waals surface area contributed by atoms with Crippen molar-refractivity contribution in [3.05, 3.63) is 0 Å². The van der Waals surface area contributed by atoms with Gasteiger partial charge in [-0.3, -0.25) is 0 Å². The number of rotatable bonds is 2. The third-order valence-electron chi connectivity index (χ3n) is 3.06. The van der Waals surface area contributed by atoms with Crippen LogP contribution >= 0.6 is 0 Å². The molecule has 3 heteroatoms. The van der Waals surface area contributed by atoms with Gasteiger partial charge in [0.15, 0.2) is 0 Å². The highest BCUT2D eigenvalue weighted by Crippen LogP contribution is 2.35. The van der Waals surface area contributed by atoms with Crippen LogP contribution in [0.3, 0.4) is 0 Å². The molecule has 70 valence electrons. The summed E-state index contributed by atoms with van der Waals surface area (Å²) in [6, 6.07) is 0. The first kappa shape index (κ1) is 8.48. The van der Waals surface area contributed by atoms with Crippen molar-refractivity contribution in [2.45, 2.75) is 18.4 Å². The molecule has 2 fully saturated rings. The molecule has 2 aliphatic rings. The van der Waals surface area contributed by atoms with Gasteiger partial charge in [0, 0.05) is 20.3 Å². The monoisotopic (exact) mass is 172 g/mol. The molecule has 3 nitrogen and oxygen atoms in total. The van der Waals surface area contributed by atoms with Crippen molar-refractivity contribution in [3.63, 3.8) is 0 Å². The molecule has 0 unspecified atom stereocenters. The van der Waals surface area contributed by atoms with Crippen LogP contribution in [0.1, 0.15) is 12.8 Å². The van der Waals surface area contributed by atoms with E-state index in [4.69, 9.17) is 14.2 Å². The Balaban J connectivity index is 1.95. The quantitative estimate of drug-likeness (QED) is 0.617. The zero-order chi connectivity index (χ0) is 8.44. The number of ether oxygens (including phenoxy) is 3. The lowest BCUT2D eigenvalue weighted by Gasteiger charge is -2.47. The summed E-state index contributed by atoms with van der Waals surface area (Å²) >= 11 is 0. The summed E-state index contributed by atoms with van der Waals surface area (Å²) in [6.45, 7) is 3.31. The van der Waals surface area contributed by atoms with Crippen molar-refractivity contribution in [3.8, 4) is 0 Å². The average molecular weight is 172 g/mol. The van der Waals surface area contributed by atoms with Crippen molar-refractivity contribution in [1.29, 1.82) is 0 Å². The lowest BCUT2D eigenvalue weighted by atomic mass is 9.80. The summed E-state index contributed by atoms with van der Waals surface area (Å²) in [7, 11) is 1.79. The topological polar surface area (TPSA) is 27.7 Å². The summed E-state index contributed by atoms with van der Waals surface area (Å²) in [6.07, 6.45) is 2.24. The molecule has 0 saturated carbocycles. The van der Waals surface area contributed by atoms with E-state index in [1.54, 1.807) is 7.11 Å². The molecule has 0 aliphatic carbocycles. The lowest BCUT2D eigenvalue weighted by molar-refractivity contribution is -0.233. The molecular formula is C9H16O3. The molecule has 2 rings (SSSR count). The van der Waals surface area contributed by atoms with Gasteiger partial charge in [0.05, 0.1) is 13.2 Å². The molecule has 0 aromatic rings. The minimum atomic E-state index is 0.0315. The zero-order valence-electron chi connectivity index (χ0n) is 7.54. The molecule has 0 spiro atoms. The zero-order valence-corrected chi connectivity index (χ0v) is 7.54. The van der Waals surface area contributed by atoms with Gasteiger partial charge in [-0.25, -0.2) is 0 Å². The van der Waals surface area contributed by atoms with Crippen molar-refractivity contribution in [1.82, 2.24) is 0 Å². The average Bonchev–Trinajstić information content (AvgIpc) is 2.05. The Hall–Kier alpha value is -0.120. The number of hydrogen-bond acceptors (Lipinski definition) is 3.